The molecule has 0 bridgehead atoms. The summed E-state index contributed by atoms with van der Waals surface area (Å²) < 4.78 is 12.6. The molecule has 0 N–H and O–H groups in total. The molecule has 242 valence electrons. The van der Waals surface area contributed by atoms with Gasteiger partial charge in [0.2, 0.25) is 10.9 Å². The lowest BCUT2D eigenvalue weighted by atomic mass is 10.0. The molecule has 0 aliphatic heterocycles. The molecule has 8 nitrogen and oxygen atoms in total. The summed E-state index contributed by atoms with van der Waals surface area (Å²) in [5.41, 5.74) is 6.88. The Balaban J connectivity index is 1.07. The number of benzene rings is 5. The zero-order valence-corrected chi connectivity index (χ0v) is 27.1. The third kappa shape index (κ3) is 4.15. The quantitative estimate of drug-likeness (QED) is 0.132. The summed E-state index contributed by atoms with van der Waals surface area (Å²) in [6, 6.07) is 38.0. The van der Waals surface area contributed by atoms with Crippen molar-refractivity contribution in [1.29, 1.82) is 0 Å². The molecule has 5 aromatic carbocycles. The summed E-state index contributed by atoms with van der Waals surface area (Å²) in [7, 11) is 0. The lowest BCUT2D eigenvalue weighted by molar-refractivity contribution is 0.649. The first kappa shape index (κ1) is 28.5. The molecule has 52 heavy (non-hydrogen) atoms. The molecule has 11 rings (SSSR count). The number of rotatable bonds is 2. The van der Waals surface area contributed by atoms with Crippen LogP contribution < -0.4 is 10.9 Å². The van der Waals surface area contributed by atoms with Crippen LogP contribution >= 0.6 is 0 Å². The Morgan fingerprint density at radius 1 is 0.423 bits per heavy atom. The SMILES string of the molecule is O=c1c2cc(-c3ccc4ccc5cccnc5c4n3)ccc2oc2c1ccc1oc3ccc(-c4ccc5ccc6cccnc6c5n4)cc3c(=O)c12. The Bertz CT molecular complexity index is 3480. The summed E-state index contributed by atoms with van der Waals surface area (Å²) in [4.78, 5) is 47.4. The van der Waals surface area contributed by atoms with Gasteiger partial charge in [-0.15, -0.1) is 0 Å². The number of hydrogen-bond acceptors (Lipinski definition) is 8. The van der Waals surface area contributed by atoms with Gasteiger partial charge in [-0.2, -0.15) is 0 Å². The Labute approximate surface area is 292 Å². The minimum Gasteiger partial charge on any atom is -0.456 e. The first-order valence-corrected chi connectivity index (χ1v) is 16.8. The molecule has 0 fully saturated rings. The molecule has 0 aliphatic carbocycles. The Morgan fingerprint density at radius 3 is 1.52 bits per heavy atom. The molecular weight excluding hydrogens is 649 g/mol. The van der Waals surface area contributed by atoms with Crippen LogP contribution in [0.2, 0.25) is 0 Å². The van der Waals surface area contributed by atoms with Gasteiger partial charge in [0.05, 0.1) is 49.6 Å². The first-order chi connectivity index (χ1) is 25.6. The second-order valence-electron chi connectivity index (χ2n) is 12.9. The third-order valence-corrected chi connectivity index (χ3v) is 9.93. The molecule has 6 aromatic heterocycles. The molecule has 0 atom stereocenters. The van der Waals surface area contributed by atoms with Gasteiger partial charge < -0.3 is 8.83 Å². The molecular formula is C44H22N4O4. The molecule has 0 amide bonds. The van der Waals surface area contributed by atoms with Crippen molar-refractivity contribution in [3.63, 3.8) is 0 Å². The normalized spacial score (nSPS) is 12.0. The van der Waals surface area contributed by atoms with Crippen LogP contribution in [0.4, 0.5) is 0 Å². The zero-order chi connectivity index (χ0) is 34.5. The van der Waals surface area contributed by atoms with E-state index in [1.54, 1.807) is 48.8 Å². The number of aromatic nitrogens is 4. The number of pyridine rings is 4. The molecule has 6 heterocycles. The van der Waals surface area contributed by atoms with Gasteiger partial charge in [0.15, 0.2) is 5.58 Å². The monoisotopic (exact) mass is 670 g/mol. The maximum Gasteiger partial charge on any atom is 0.204 e. The highest BCUT2D eigenvalue weighted by Gasteiger charge is 2.18. The predicted octanol–water partition coefficient (Wildman–Crippen LogP) is 9.73. The van der Waals surface area contributed by atoms with Gasteiger partial charge in [0, 0.05) is 45.1 Å². The summed E-state index contributed by atoms with van der Waals surface area (Å²) in [5.74, 6) is 0. The average molecular weight is 671 g/mol. The molecule has 0 spiro atoms. The van der Waals surface area contributed by atoms with Crippen LogP contribution in [-0.2, 0) is 0 Å². The van der Waals surface area contributed by atoms with Crippen LogP contribution in [0.15, 0.2) is 152 Å². The van der Waals surface area contributed by atoms with E-state index < -0.39 is 0 Å². The summed E-state index contributed by atoms with van der Waals surface area (Å²) in [6.45, 7) is 0. The van der Waals surface area contributed by atoms with Crippen LogP contribution in [0.25, 0.3) is 110 Å². The Kier molecular flexibility index (Phi) is 5.81. The topological polar surface area (TPSA) is 112 Å². The van der Waals surface area contributed by atoms with Crippen molar-refractivity contribution in [3.05, 3.63) is 154 Å². The van der Waals surface area contributed by atoms with E-state index in [1.807, 2.05) is 84.9 Å². The summed E-state index contributed by atoms with van der Waals surface area (Å²) >= 11 is 0. The molecule has 0 aliphatic rings. The number of fused-ring (bicyclic) bond motifs is 11. The minimum atomic E-state index is -0.295. The highest BCUT2D eigenvalue weighted by molar-refractivity contribution is 6.09. The first-order valence-electron chi connectivity index (χ1n) is 16.8. The molecule has 8 heteroatoms. The molecule has 11 aromatic rings. The van der Waals surface area contributed by atoms with Crippen LogP contribution in [0, 0.1) is 0 Å². The van der Waals surface area contributed by atoms with Gasteiger partial charge in [0.25, 0.3) is 0 Å². The molecule has 0 saturated heterocycles. The lowest BCUT2D eigenvalue weighted by Gasteiger charge is -2.09. The van der Waals surface area contributed by atoms with Gasteiger partial charge in [-0.1, -0.05) is 48.5 Å². The smallest absolute Gasteiger partial charge is 0.204 e. The van der Waals surface area contributed by atoms with Gasteiger partial charge in [-0.3, -0.25) is 19.6 Å². The van der Waals surface area contributed by atoms with E-state index in [0.717, 1.165) is 54.7 Å². The van der Waals surface area contributed by atoms with Crippen molar-refractivity contribution < 1.29 is 8.83 Å². The second-order valence-corrected chi connectivity index (χ2v) is 12.9. The largest absolute Gasteiger partial charge is 0.456 e. The van der Waals surface area contributed by atoms with E-state index in [-0.39, 0.29) is 27.2 Å². The van der Waals surface area contributed by atoms with Gasteiger partial charge >= 0.3 is 0 Å². The number of nitrogens with zero attached hydrogens (tertiary/aromatic N) is 4. The highest BCUT2D eigenvalue weighted by Crippen LogP contribution is 2.33. The zero-order valence-electron chi connectivity index (χ0n) is 27.1. The maximum absolute atomic E-state index is 14.3. The summed E-state index contributed by atoms with van der Waals surface area (Å²) in [5, 5.41) is 5.20. The van der Waals surface area contributed by atoms with Crippen LogP contribution in [-0.4, -0.2) is 19.9 Å². The highest BCUT2D eigenvalue weighted by atomic mass is 16.3. The van der Waals surface area contributed by atoms with Crippen molar-refractivity contribution >= 4 is 87.5 Å². The number of hydrogen-bond donors (Lipinski definition) is 0. The average Bonchev–Trinajstić information content (AvgIpc) is 3.20. The fraction of sp³-hybridized carbons (Fsp3) is 0. The van der Waals surface area contributed by atoms with E-state index in [9.17, 15) is 9.59 Å². The van der Waals surface area contributed by atoms with Gasteiger partial charge in [0.1, 0.15) is 22.1 Å². The van der Waals surface area contributed by atoms with Crippen LogP contribution in [0.1, 0.15) is 0 Å². The van der Waals surface area contributed by atoms with E-state index in [1.165, 1.54) is 0 Å². The van der Waals surface area contributed by atoms with E-state index in [4.69, 9.17) is 18.8 Å². The van der Waals surface area contributed by atoms with Crippen LogP contribution in [0.5, 0.6) is 0 Å². The molecule has 0 radical (unpaired) electrons. The Morgan fingerprint density at radius 2 is 0.923 bits per heavy atom. The van der Waals surface area contributed by atoms with Crippen molar-refractivity contribution in [3.8, 4) is 22.5 Å². The van der Waals surface area contributed by atoms with Gasteiger partial charge in [-0.25, -0.2) is 9.97 Å². The minimum absolute atomic E-state index is 0.187. The van der Waals surface area contributed by atoms with Crippen LogP contribution in [0.3, 0.4) is 0 Å². The van der Waals surface area contributed by atoms with Crippen molar-refractivity contribution in [2.45, 2.75) is 0 Å². The van der Waals surface area contributed by atoms with Crippen molar-refractivity contribution in [2.75, 3.05) is 0 Å². The maximum atomic E-state index is 14.3. The third-order valence-electron chi connectivity index (χ3n) is 9.93. The fourth-order valence-corrected chi connectivity index (χ4v) is 7.34. The summed E-state index contributed by atoms with van der Waals surface area (Å²) in [6.07, 6.45) is 3.52. The molecule has 0 saturated carbocycles. The van der Waals surface area contributed by atoms with Crippen molar-refractivity contribution in [2.24, 2.45) is 0 Å². The predicted molar refractivity (Wildman–Crippen MR) is 206 cm³/mol. The van der Waals surface area contributed by atoms with E-state index in [2.05, 4.69) is 9.97 Å². The van der Waals surface area contributed by atoms with E-state index in [0.29, 0.717) is 38.9 Å². The fourth-order valence-electron chi connectivity index (χ4n) is 7.34. The van der Waals surface area contributed by atoms with E-state index >= 15 is 0 Å². The standard InChI is InChI=1S/C44H22N4O4/c49-42-29-13-18-36-37(43(50)31-22-28(11-16-34(31)51-36)33-15-10-26-8-6-24-4-2-20-46-39(24)41(26)48-33)44(29)52-35-17-12-27(21-30(35)42)32-14-9-25-7-5-23-3-1-19-45-38(23)40(25)47-32/h1-22H. The lowest BCUT2D eigenvalue weighted by Crippen LogP contribution is -2.07. The van der Waals surface area contributed by atoms with Gasteiger partial charge in [-0.05, 0) is 72.8 Å². The Hall–Kier alpha value is -7.32. The van der Waals surface area contributed by atoms with Crippen molar-refractivity contribution in [1.82, 2.24) is 19.9 Å². The molecule has 0 unspecified atom stereocenters. The second kappa shape index (κ2) is 10.6.